The van der Waals surface area contributed by atoms with Crippen LogP contribution in [0.5, 0.6) is 0 Å². The van der Waals surface area contributed by atoms with Crippen molar-refractivity contribution in [1.29, 1.82) is 0 Å². The van der Waals surface area contributed by atoms with Crippen LogP contribution in [0.15, 0.2) is 0 Å². The van der Waals surface area contributed by atoms with Gasteiger partial charge in [-0.3, -0.25) is 19.6 Å². The van der Waals surface area contributed by atoms with E-state index in [1.54, 1.807) is 25.8 Å². The van der Waals surface area contributed by atoms with Crippen molar-refractivity contribution in [3.63, 3.8) is 0 Å². The zero-order valence-electron chi connectivity index (χ0n) is 13.9. The smallest absolute Gasteiger partial charge is 0.312 e. The zero-order valence-corrected chi connectivity index (χ0v) is 13.9. The monoisotopic (exact) mass is 324 g/mol. The van der Waals surface area contributed by atoms with Gasteiger partial charge in [0.2, 0.25) is 5.91 Å². The fraction of sp³-hybridized carbons (Fsp3) is 0.733. The number of rotatable bonds is 5. The Kier molecular flexibility index (Phi) is 5.35. The molecule has 0 atom stereocenters. The summed E-state index contributed by atoms with van der Waals surface area (Å²) in [4.78, 5) is 24.7. The Morgan fingerprint density at radius 2 is 2.00 bits per heavy atom. The summed E-state index contributed by atoms with van der Waals surface area (Å²) in [6, 6.07) is 0.164. The maximum Gasteiger partial charge on any atom is 0.312 e. The molecule has 0 saturated heterocycles. The second kappa shape index (κ2) is 7.08. The van der Waals surface area contributed by atoms with Crippen LogP contribution < -0.4 is 0 Å². The lowest BCUT2D eigenvalue weighted by Crippen LogP contribution is -2.41. The molecule has 1 fully saturated rings. The standard InChI is InChI=1S/C15H24N4O4/c1-10-15(19(22)23)11(2)18(16-10)8-14(21)17(3)13-6-4-12(9-20)5-7-13/h12-13,20H,4-9H2,1-3H3. The molecule has 0 aliphatic heterocycles. The van der Waals surface area contributed by atoms with Crippen molar-refractivity contribution in [1.82, 2.24) is 14.7 Å². The zero-order chi connectivity index (χ0) is 17.1. The van der Waals surface area contributed by atoms with Crippen molar-refractivity contribution in [2.75, 3.05) is 13.7 Å². The summed E-state index contributed by atoms with van der Waals surface area (Å²) in [6.07, 6.45) is 3.60. The van der Waals surface area contributed by atoms with E-state index in [-0.39, 0.29) is 30.8 Å². The number of hydrogen-bond acceptors (Lipinski definition) is 5. The Morgan fingerprint density at radius 1 is 1.39 bits per heavy atom. The van der Waals surface area contributed by atoms with E-state index < -0.39 is 4.92 Å². The molecule has 128 valence electrons. The summed E-state index contributed by atoms with van der Waals surface area (Å²) in [5, 5.41) is 24.3. The van der Waals surface area contributed by atoms with E-state index >= 15 is 0 Å². The van der Waals surface area contributed by atoms with Gasteiger partial charge in [-0.2, -0.15) is 5.10 Å². The quantitative estimate of drug-likeness (QED) is 0.652. The molecule has 0 radical (unpaired) electrons. The molecule has 0 spiro atoms. The number of carbonyl (C=O) groups is 1. The Labute approximate surface area is 135 Å². The maximum atomic E-state index is 12.5. The van der Waals surface area contributed by atoms with Crippen molar-refractivity contribution in [3.8, 4) is 0 Å². The van der Waals surface area contributed by atoms with E-state index in [2.05, 4.69) is 5.10 Å². The minimum Gasteiger partial charge on any atom is -0.396 e. The lowest BCUT2D eigenvalue weighted by molar-refractivity contribution is -0.386. The van der Waals surface area contributed by atoms with Gasteiger partial charge in [0.25, 0.3) is 0 Å². The van der Waals surface area contributed by atoms with Gasteiger partial charge in [-0.05, 0) is 45.4 Å². The summed E-state index contributed by atoms with van der Waals surface area (Å²) in [5.41, 5.74) is 0.702. The number of aliphatic hydroxyl groups is 1. The number of nitro groups is 1. The molecular weight excluding hydrogens is 300 g/mol. The number of hydrogen-bond donors (Lipinski definition) is 1. The van der Waals surface area contributed by atoms with Crippen LogP contribution in [0.4, 0.5) is 5.69 Å². The molecule has 23 heavy (non-hydrogen) atoms. The summed E-state index contributed by atoms with van der Waals surface area (Å²) in [5.74, 6) is 0.242. The second-order valence-corrected chi connectivity index (χ2v) is 6.30. The third-order valence-electron chi connectivity index (χ3n) is 4.83. The maximum absolute atomic E-state index is 12.5. The van der Waals surface area contributed by atoms with E-state index in [9.17, 15) is 20.0 Å². The van der Waals surface area contributed by atoms with Gasteiger partial charge in [-0.1, -0.05) is 0 Å². The average molecular weight is 324 g/mol. The number of aryl methyl sites for hydroxylation is 1. The molecule has 0 aromatic carbocycles. The van der Waals surface area contributed by atoms with Crippen molar-refractivity contribution >= 4 is 11.6 Å². The van der Waals surface area contributed by atoms with E-state index in [1.807, 2.05) is 0 Å². The van der Waals surface area contributed by atoms with Gasteiger partial charge in [-0.15, -0.1) is 0 Å². The highest BCUT2D eigenvalue weighted by Crippen LogP contribution is 2.27. The summed E-state index contributed by atoms with van der Waals surface area (Å²) < 4.78 is 1.41. The summed E-state index contributed by atoms with van der Waals surface area (Å²) >= 11 is 0. The number of amides is 1. The Morgan fingerprint density at radius 3 is 2.48 bits per heavy atom. The van der Waals surface area contributed by atoms with Gasteiger partial charge in [0.05, 0.1) is 4.92 Å². The third kappa shape index (κ3) is 3.69. The fourth-order valence-electron chi connectivity index (χ4n) is 3.26. The molecular formula is C15H24N4O4. The molecule has 8 nitrogen and oxygen atoms in total. The molecule has 1 heterocycles. The molecule has 1 amide bonds. The SMILES string of the molecule is Cc1nn(CC(=O)N(C)C2CCC(CO)CC2)c(C)c1[N+](=O)[O-]. The number of aromatic nitrogens is 2. The van der Waals surface area contributed by atoms with Gasteiger partial charge in [0.1, 0.15) is 17.9 Å². The third-order valence-corrected chi connectivity index (χ3v) is 4.83. The molecule has 1 N–H and O–H groups in total. The Balaban J connectivity index is 2.02. The molecule has 1 aliphatic carbocycles. The number of likely N-dealkylation sites (N-methyl/N-ethyl adjacent to an activating group) is 1. The minimum absolute atomic E-state index is 0.0109. The summed E-state index contributed by atoms with van der Waals surface area (Å²) in [6.45, 7) is 3.40. The normalized spacial score (nSPS) is 21.2. The number of nitrogens with zero attached hydrogens (tertiary/aromatic N) is 4. The van der Waals surface area contributed by atoms with Crippen molar-refractivity contribution in [3.05, 3.63) is 21.5 Å². The predicted molar refractivity (Wildman–Crippen MR) is 84.0 cm³/mol. The van der Waals surface area contributed by atoms with Crippen LogP contribution in [0, 0.1) is 29.9 Å². The van der Waals surface area contributed by atoms with Gasteiger partial charge < -0.3 is 10.0 Å². The second-order valence-electron chi connectivity index (χ2n) is 6.30. The predicted octanol–water partition coefficient (Wildman–Crippen LogP) is 1.42. The first-order chi connectivity index (χ1) is 10.8. The molecule has 2 rings (SSSR count). The Hall–Kier alpha value is -1.96. The van der Waals surface area contributed by atoms with E-state index in [0.29, 0.717) is 17.3 Å². The van der Waals surface area contributed by atoms with Crippen LogP contribution in [0.3, 0.4) is 0 Å². The van der Waals surface area contributed by atoms with E-state index in [4.69, 9.17) is 0 Å². The van der Waals surface area contributed by atoms with E-state index in [1.165, 1.54) is 4.68 Å². The average Bonchev–Trinajstić information content (AvgIpc) is 2.80. The van der Waals surface area contributed by atoms with Crippen LogP contribution in [-0.4, -0.2) is 50.3 Å². The van der Waals surface area contributed by atoms with Gasteiger partial charge in [-0.25, -0.2) is 0 Å². The van der Waals surface area contributed by atoms with Crippen molar-refractivity contribution in [2.45, 2.75) is 52.1 Å². The number of carbonyl (C=O) groups excluding carboxylic acids is 1. The van der Waals surface area contributed by atoms with Crippen LogP contribution in [0.2, 0.25) is 0 Å². The first kappa shape index (κ1) is 17.4. The lowest BCUT2D eigenvalue weighted by atomic mass is 9.86. The van der Waals surface area contributed by atoms with Gasteiger partial charge >= 0.3 is 5.69 Å². The first-order valence-electron chi connectivity index (χ1n) is 7.90. The molecule has 1 aromatic rings. The minimum atomic E-state index is -0.460. The largest absolute Gasteiger partial charge is 0.396 e. The van der Waals surface area contributed by atoms with Gasteiger partial charge in [0.15, 0.2) is 0 Å². The summed E-state index contributed by atoms with van der Waals surface area (Å²) in [7, 11) is 1.77. The molecule has 0 bridgehead atoms. The molecule has 1 saturated carbocycles. The first-order valence-corrected chi connectivity index (χ1v) is 7.90. The van der Waals surface area contributed by atoms with Crippen LogP contribution in [-0.2, 0) is 11.3 Å². The fourth-order valence-corrected chi connectivity index (χ4v) is 3.26. The highest BCUT2D eigenvalue weighted by molar-refractivity contribution is 5.76. The topological polar surface area (TPSA) is 102 Å². The molecule has 0 unspecified atom stereocenters. The van der Waals surface area contributed by atoms with Crippen molar-refractivity contribution < 1.29 is 14.8 Å². The number of aliphatic hydroxyl groups excluding tert-OH is 1. The highest BCUT2D eigenvalue weighted by Gasteiger charge is 2.28. The highest BCUT2D eigenvalue weighted by atomic mass is 16.6. The molecule has 8 heteroatoms. The lowest BCUT2D eigenvalue weighted by Gasteiger charge is -2.34. The van der Waals surface area contributed by atoms with Crippen molar-refractivity contribution in [2.24, 2.45) is 5.92 Å². The molecule has 1 aliphatic rings. The van der Waals surface area contributed by atoms with Crippen LogP contribution in [0.25, 0.3) is 0 Å². The van der Waals surface area contributed by atoms with Gasteiger partial charge in [0, 0.05) is 19.7 Å². The molecule has 1 aromatic heterocycles. The Bertz CT molecular complexity index is 591. The van der Waals surface area contributed by atoms with Crippen LogP contribution >= 0.6 is 0 Å². The van der Waals surface area contributed by atoms with Crippen LogP contribution in [0.1, 0.15) is 37.1 Å². The van der Waals surface area contributed by atoms with E-state index in [0.717, 1.165) is 25.7 Å².